The van der Waals surface area contributed by atoms with Gasteiger partial charge < -0.3 is 9.64 Å². The lowest BCUT2D eigenvalue weighted by Crippen LogP contribution is -2.23. The van der Waals surface area contributed by atoms with Gasteiger partial charge in [0.2, 0.25) is 0 Å². The summed E-state index contributed by atoms with van der Waals surface area (Å²) in [7, 11) is 3.54. The van der Waals surface area contributed by atoms with Gasteiger partial charge in [-0.05, 0) is 58.4 Å². The van der Waals surface area contributed by atoms with E-state index in [2.05, 4.69) is 0 Å². The average molecular weight is 391 g/mol. The van der Waals surface area contributed by atoms with E-state index in [-0.39, 0.29) is 30.9 Å². The van der Waals surface area contributed by atoms with Crippen molar-refractivity contribution in [1.82, 2.24) is 4.90 Å². The van der Waals surface area contributed by atoms with E-state index in [4.69, 9.17) is 4.74 Å². The van der Waals surface area contributed by atoms with E-state index in [1.807, 2.05) is 13.8 Å². The normalized spacial score (nSPS) is 14.6. The maximum atomic E-state index is 13.5. The third kappa shape index (κ3) is 10.3. The van der Waals surface area contributed by atoms with Crippen LogP contribution in [0.25, 0.3) is 0 Å². The number of ether oxygens (including phenoxy) is 1. The summed E-state index contributed by atoms with van der Waals surface area (Å²) >= 11 is 0. The minimum atomic E-state index is -4.64. The maximum absolute atomic E-state index is 13.5. The van der Waals surface area contributed by atoms with Crippen molar-refractivity contribution in [2.75, 3.05) is 27.2 Å². The third-order valence-electron chi connectivity index (χ3n) is 3.96. The Hall–Kier alpha value is -1.63. The van der Waals surface area contributed by atoms with Gasteiger partial charge in [-0.25, -0.2) is 0 Å². The fourth-order valence-corrected chi connectivity index (χ4v) is 2.69. The largest absolute Gasteiger partial charge is 0.466 e. The molecule has 0 aromatic heterocycles. The highest BCUT2D eigenvalue weighted by molar-refractivity contribution is 5.94. The first kappa shape index (κ1) is 25.4. The van der Waals surface area contributed by atoms with Crippen LogP contribution in [0.15, 0.2) is 23.3 Å². The molecule has 0 N–H and O–H groups in total. The van der Waals surface area contributed by atoms with Crippen molar-refractivity contribution >= 4 is 11.8 Å². The molecule has 0 bridgehead atoms. The van der Waals surface area contributed by atoms with Crippen molar-refractivity contribution in [3.63, 3.8) is 0 Å². The zero-order valence-corrected chi connectivity index (χ0v) is 17.2. The molecular formula is C20H32F3NO3. The molecule has 1 atom stereocenters. The minimum Gasteiger partial charge on any atom is -0.466 e. The highest BCUT2D eigenvalue weighted by Crippen LogP contribution is 2.33. The van der Waals surface area contributed by atoms with Crippen molar-refractivity contribution in [3.05, 3.63) is 23.3 Å². The number of hydrogen-bond donors (Lipinski definition) is 0. The monoisotopic (exact) mass is 391 g/mol. The van der Waals surface area contributed by atoms with Crippen LogP contribution in [0.1, 0.15) is 47.0 Å². The van der Waals surface area contributed by atoms with E-state index in [1.54, 1.807) is 25.9 Å². The maximum Gasteiger partial charge on any atom is 0.416 e. The van der Waals surface area contributed by atoms with Crippen LogP contribution in [0.3, 0.4) is 0 Å². The van der Waals surface area contributed by atoms with E-state index in [1.165, 1.54) is 13.0 Å². The second kappa shape index (κ2) is 12.0. The third-order valence-corrected chi connectivity index (χ3v) is 3.96. The number of esters is 1. The summed E-state index contributed by atoms with van der Waals surface area (Å²) in [6.45, 7) is 7.53. The molecule has 27 heavy (non-hydrogen) atoms. The first-order chi connectivity index (χ1) is 12.4. The van der Waals surface area contributed by atoms with Gasteiger partial charge in [-0.1, -0.05) is 19.9 Å². The molecule has 1 unspecified atom stereocenters. The van der Waals surface area contributed by atoms with E-state index in [0.717, 1.165) is 0 Å². The Kier molecular flexibility index (Phi) is 11.2. The molecule has 0 rings (SSSR count). The summed E-state index contributed by atoms with van der Waals surface area (Å²) in [4.78, 5) is 26.1. The van der Waals surface area contributed by atoms with Crippen molar-refractivity contribution in [2.45, 2.75) is 53.1 Å². The number of ketones is 1. The first-order valence-corrected chi connectivity index (χ1v) is 9.20. The Labute approximate surface area is 160 Å². The highest BCUT2D eigenvalue weighted by atomic mass is 19.4. The lowest BCUT2D eigenvalue weighted by Gasteiger charge is -2.19. The number of allylic oxidation sites excluding steroid dienone is 3. The molecule has 0 aliphatic carbocycles. The van der Waals surface area contributed by atoms with Crippen LogP contribution in [-0.2, 0) is 14.3 Å². The molecule has 7 heteroatoms. The molecule has 156 valence electrons. The topological polar surface area (TPSA) is 46.6 Å². The van der Waals surface area contributed by atoms with Gasteiger partial charge in [-0.2, -0.15) is 13.2 Å². The molecule has 0 aromatic rings. The second-order valence-electron chi connectivity index (χ2n) is 7.17. The first-order valence-electron chi connectivity index (χ1n) is 9.20. The van der Waals surface area contributed by atoms with Gasteiger partial charge >= 0.3 is 12.1 Å². The lowest BCUT2D eigenvalue weighted by molar-refractivity contribution is -0.149. The van der Waals surface area contributed by atoms with Crippen molar-refractivity contribution in [2.24, 2.45) is 11.8 Å². The molecular weight excluding hydrogens is 359 g/mol. The Morgan fingerprint density at radius 3 is 2.19 bits per heavy atom. The van der Waals surface area contributed by atoms with Crippen LogP contribution in [0.4, 0.5) is 13.2 Å². The number of alkyl halides is 3. The SMILES string of the molecule is C/C=C(CCN(C)C)\C(=C/C(=O)CC(CC(C)C)C(=O)OCC)C(F)(F)F. The van der Waals surface area contributed by atoms with Crippen molar-refractivity contribution in [1.29, 1.82) is 0 Å². The van der Waals surface area contributed by atoms with E-state index >= 15 is 0 Å². The number of rotatable bonds is 11. The van der Waals surface area contributed by atoms with Crippen LogP contribution in [-0.4, -0.2) is 50.1 Å². The molecule has 0 heterocycles. The Balaban J connectivity index is 5.53. The summed E-state index contributed by atoms with van der Waals surface area (Å²) in [5.74, 6) is -1.88. The summed E-state index contributed by atoms with van der Waals surface area (Å²) in [6, 6.07) is 0. The van der Waals surface area contributed by atoms with Crippen LogP contribution < -0.4 is 0 Å². The van der Waals surface area contributed by atoms with Crippen LogP contribution >= 0.6 is 0 Å². The summed E-state index contributed by atoms with van der Waals surface area (Å²) in [5.41, 5.74) is -0.870. The molecule has 0 amide bonds. The van der Waals surface area contributed by atoms with Gasteiger partial charge in [0.15, 0.2) is 5.78 Å². The van der Waals surface area contributed by atoms with Crippen molar-refractivity contribution < 1.29 is 27.5 Å². The zero-order chi connectivity index (χ0) is 21.2. The van der Waals surface area contributed by atoms with Crippen LogP contribution in [0.2, 0.25) is 0 Å². The minimum absolute atomic E-state index is 0.0705. The number of carbonyl (C=O) groups is 2. The molecule has 0 fully saturated rings. The standard InChI is InChI=1S/C20H32F3NO3/c1-7-15(9-10-24(5)6)18(20(21,22)23)13-17(25)12-16(11-14(3)4)19(26)27-8-2/h7,13-14,16H,8-12H2,1-6H3/b15-7-,18-13+. The van der Waals surface area contributed by atoms with Gasteiger partial charge in [-0.15, -0.1) is 0 Å². The molecule has 0 saturated carbocycles. The summed E-state index contributed by atoms with van der Waals surface area (Å²) in [5, 5.41) is 0. The molecule has 4 nitrogen and oxygen atoms in total. The number of hydrogen-bond acceptors (Lipinski definition) is 4. The number of nitrogens with zero attached hydrogens (tertiary/aromatic N) is 1. The number of halogens is 3. The Morgan fingerprint density at radius 2 is 1.78 bits per heavy atom. The van der Waals surface area contributed by atoms with E-state index in [0.29, 0.717) is 19.0 Å². The van der Waals surface area contributed by atoms with Crippen LogP contribution in [0.5, 0.6) is 0 Å². The summed E-state index contributed by atoms with van der Waals surface area (Å²) < 4.78 is 45.5. The molecule has 0 radical (unpaired) electrons. The van der Waals surface area contributed by atoms with Crippen molar-refractivity contribution in [3.8, 4) is 0 Å². The van der Waals surface area contributed by atoms with Gasteiger partial charge in [0, 0.05) is 13.0 Å². The second-order valence-corrected chi connectivity index (χ2v) is 7.17. The predicted molar refractivity (Wildman–Crippen MR) is 100 cm³/mol. The van der Waals surface area contributed by atoms with Gasteiger partial charge in [-0.3, -0.25) is 9.59 Å². The van der Waals surface area contributed by atoms with Gasteiger partial charge in [0.1, 0.15) is 0 Å². The quantitative estimate of drug-likeness (QED) is 0.294. The van der Waals surface area contributed by atoms with Gasteiger partial charge in [0.25, 0.3) is 0 Å². The van der Waals surface area contributed by atoms with E-state index < -0.39 is 29.4 Å². The average Bonchev–Trinajstić information content (AvgIpc) is 2.52. The van der Waals surface area contributed by atoms with Crippen LogP contribution in [0, 0.1) is 11.8 Å². The summed E-state index contributed by atoms with van der Waals surface area (Å²) in [6.07, 6.45) is -2.35. The molecule has 0 aliphatic rings. The fraction of sp³-hybridized carbons (Fsp3) is 0.700. The number of carbonyl (C=O) groups excluding carboxylic acids is 2. The molecule has 0 aromatic carbocycles. The Morgan fingerprint density at radius 1 is 1.19 bits per heavy atom. The smallest absolute Gasteiger partial charge is 0.416 e. The molecule has 0 saturated heterocycles. The lowest BCUT2D eigenvalue weighted by atomic mass is 9.91. The van der Waals surface area contributed by atoms with Gasteiger partial charge in [0.05, 0.1) is 18.1 Å². The predicted octanol–water partition coefficient (Wildman–Crippen LogP) is 4.56. The Bertz CT molecular complexity index is 549. The van der Waals surface area contributed by atoms with E-state index in [9.17, 15) is 22.8 Å². The fourth-order valence-electron chi connectivity index (χ4n) is 2.69. The molecule has 0 aliphatic heterocycles. The zero-order valence-electron chi connectivity index (χ0n) is 17.2. The molecule has 0 spiro atoms. The highest BCUT2D eigenvalue weighted by Gasteiger charge is 2.36.